The molecule has 11 heteroatoms. The van der Waals surface area contributed by atoms with Gasteiger partial charge in [-0.1, -0.05) is 36.2 Å². The van der Waals surface area contributed by atoms with E-state index in [1.54, 1.807) is 17.7 Å². The van der Waals surface area contributed by atoms with Gasteiger partial charge in [0.25, 0.3) is 5.91 Å². The summed E-state index contributed by atoms with van der Waals surface area (Å²) in [7, 11) is -5.57. The molecule has 0 atom stereocenters. The van der Waals surface area contributed by atoms with E-state index in [0.717, 1.165) is 25.7 Å². The average molecular weight is 447 g/mol. The molecule has 1 saturated carbocycles. The van der Waals surface area contributed by atoms with E-state index in [1.807, 2.05) is 0 Å². The molecule has 0 aromatic heterocycles. The second-order valence-corrected chi connectivity index (χ2v) is 9.20. The van der Waals surface area contributed by atoms with Crippen molar-refractivity contribution in [1.29, 1.82) is 0 Å². The molecule has 1 aromatic rings. The predicted molar refractivity (Wildman–Crippen MR) is 105 cm³/mol. The van der Waals surface area contributed by atoms with E-state index in [9.17, 15) is 26.4 Å². The van der Waals surface area contributed by atoms with E-state index in [1.165, 1.54) is 23.1 Å². The van der Waals surface area contributed by atoms with Gasteiger partial charge < -0.3 is 9.74 Å². The minimum atomic E-state index is -5.57. The molecule has 1 aliphatic carbocycles. The Morgan fingerprint density at radius 3 is 2.50 bits per heavy atom. The number of halogens is 3. The molecule has 1 spiro atoms. The van der Waals surface area contributed by atoms with Crippen molar-refractivity contribution in [2.24, 2.45) is 10.6 Å². The molecule has 2 aliphatic rings. The Balaban J connectivity index is 1.84. The summed E-state index contributed by atoms with van der Waals surface area (Å²) in [6, 6.07) is 5.72. The summed E-state index contributed by atoms with van der Waals surface area (Å²) in [4.78, 5) is 19.8. The third kappa shape index (κ3) is 4.40. The first-order valence-electron chi connectivity index (χ1n) is 9.76. The van der Waals surface area contributed by atoms with Gasteiger partial charge in [-0.05, 0) is 37.8 Å². The lowest BCUT2D eigenvalue weighted by atomic mass is 9.75. The number of hydrogen-bond acceptors (Lipinski definition) is 5. The second kappa shape index (κ2) is 8.44. The molecule has 7 nitrogen and oxygen atoms in total. The molecule has 166 valence electrons. The summed E-state index contributed by atoms with van der Waals surface area (Å²) in [5, 5.41) is 4.09. The first-order chi connectivity index (χ1) is 14.1. The number of benzene rings is 1. The number of para-hydroxylation sites is 1. The van der Waals surface area contributed by atoms with E-state index >= 15 is 0 Å². The minimum Gasteiger partial charge on any atom is -0.396 e. The van der Waals surface area contributed by atoms with Crippen LogP contribution in [0.4, 0.5) is 18.9 Å². The van der Waals surface area contributed by atoms with Crippen LogP contribution in [-0.2, 0) is 26.2 Å². The smallest absolute Gasteiger partial charge is 0.396 e. The van der Waals surface area contributed by atoms with Crippen LogP contribution in [0.5, 0.6) is 0 Å². The molecule has 1 amide bonds. The number of carbonyl (C=O) groups is 1. The van der Waals surface area contributed by atoms with Crippen LogP contribution >= 0.6 is 0 Å². The molecule has 3 rings (SSSR count). The van der Waals surface area contributed by atoms with Gasteiger partial charge in [-0.3, -0.25) is 9.52 Å². The lowest BCUT2D eigenvalue weighted by molar-refractivity contribution is -0.127. The van der Waals surface area contributed by atoms with Crippen LogP contribution < -0.4 is 4.72 Å². The van der Waals surface area contributed by atoms with Crippen LogP contribution in [0.3, 0.4) is 0 Å². The molecule has 1 N–H and O–H groups in total. The lowest BCUT2D eigenvalue weighted by Crippen LogP contribution is -2.51. The van der Waals surface area contributed by atoms with Crippen molar-refractivity contribution in [3.05, 3.63) is 29.8 Å². The molecular formula is C19H24F3N3O4S. The highest BCUT2D eigenvalue weighted by Crippen LogP contribution is 2.45. The van der Waals surface area contributed by atoms with Crippen molar-refractivity contribution in [2.75, 3.05) is 17.9 Å². The maximum absolute atomic E-state index is 13.1. The zero-order valence-corrected chi connectivity index (χ0v) is 17.4. The third-order valence-electron chi connectivity index (χ3n) is 5.63. The van der Waals surface area contributed by atoms with E-state index in [4.69, 9.17) is 4.84 Å². The lowest BCUT2D eigenvalue weighted by Gasteiger charge is -2.39. The molecule has 2 fully saturated rings. The van der Waals surface area contributed by atoms with Gasteiger partial charge in [0.05, 0.1) is 5.69 Å². The van der Waals surface area contributed by atoms with Crippen LogP contribution in [0.2, 0.25) is 0 Å². The largest absolute Gasteiger partial charge is 0.516 e. The second-order valence-electron chi connectivity index (χ2n) is 7.53. The molecule has 1 aromatic carbocycles. The molecule has 30 heavy (non-hydrogen) atoms. The standard InChI is InChI=1S/C19H24F3N3O4S/c1-2-29-23-16-17(26)25(12-11-18(16)9-5-6-10-18)13-14-7-3-4-8-15(14)24-30(27,28)19(20,21)22/h3-4,7-8,24H,2,5-6,9-13H2,1H3/b23-16-. The molecule has 0 radical (unpaired) electrons. The fourth-order valence-electron chi connectivity index (χ4n) is 4.07. The first-order valence-corrected chi connectivity index (χ1v) is 11.2. The number of amides is 1. The maximum atomic E-state index is 13.1. The number of alkyl halides is 3. The van der Waals surface area contributed by atoms with Gasteiger partial charge in [-0.15, -0.1) is 0 Å². The number of piperidine rings is 1. The minimum absolute atomic E-state index is 0.0450. The Kier molecular flexibility index (Phi) is 6.30. The van der Waals surface area contributed by atoms with Gasteiger partial charge in [-0.2, -0.15) is 21.6 Å². The average Bonchev–Trinajstić information content (AvgIpc) is 3.14. The van der Waals surface area contributed by atoms with E-state index < -0.39 is 15.5 Å². The van der Waals surface area contributed by atoms with E-state index in [0.29, 0.717) is 25.3 Å². The highest BCUT2D eigenvalue weighted by molar-refractivity contribution is 7.93. The number of nitrogens with zero attached hydrogens (tertiary/aromatic N) is 2. The Morgan fingerprint density at radius 1 is 1.20 bits per heavy atom. The topological polar surface area (TPSA) is 88.1 Å². The quantitative estimate of drug-likeness (QED) is 0.675. The van der Waals surface area contributed by atoms with Crippen LogP contribution in [0.25, 0.3) is 0 Å². The zero-order chi connectivity index (χ0) is 22.0. The normalized spacial score (nSPS) is 20.7. The highest BCUT2D eigenvalue weighted by atomic mass is 32.2. The van der Waals surface area contributed by atoms with Crippen molar-refractivity contribution >= 4 is 27.3 Å². The van der Waals surface area contributed by atoms with Gasteiger partial charge in [-0.25, -0.2) is 0 Å². The number of sulfonamides is 1. The van der Waals surface area contributed by atoms with Gasteiger partial charge in [0.2, 0.25) is 0 Å². The van der Waals surface area contributed by atoms with Crippen molar-refractivity contribution in [3.8, 4) is 0 Å². The fraction of sp³-hybridized carbons (Fsp3) is 0.579. The summed E-state index contributed by atoms with van der Waals surface area (Å²) in [6.07, 6.45) is 4.38. The maximum Gasteiger partial charge on any atom is 0.516 e. The first kappa shape index (κ1) is 22.4. The van der Waals surface area contributed by atoms with Crippen molar-refractivity contribution in [2.45, 2.75) is 51.1 Å². The van der Waals surface area contributed by atoms with E-state index in [-0.39, 0.29) is 29.1 Å². The van der Waals surface area contributed by atoms with Crippen molar-refractivity contribution in [1.82, 2.24) is 4.90 Å². The van der Waals surface area contributed by atoms with Gasteiger partial charge in [0.1, 0.15) is 6.61 Å². The zero-order valence-electron chi connectivity index (χ0n) is 16.5. The van der Waals surface area contributed by atoms with Gasteiger partial charge in [0.15, 0.2) is 5.71 Å². The van der Waals surface area contributed by atoms with Crippen LogP contribution in [0.15, 0.2) is 29.4 Å². The summed E-state index contributed by atoms with van der Waals surface area (Å²) in [6.45, 7) is 2.44. The number of rotatable bonds is 6. The van der Waals surface area contributed by atoms with Crippen molar-refractivity contribution in [3.63, 3.8) is 0 Å². The fourth-order valence-corrected chi connectivity index (χ4v) is 4.67. The summed E-state index contributed by atoms with van der Waals surface area (Å²) >= 11 is 0. The number of carbonyl (C=O) groups excluding carboxylic acids is 1. The van der Waals surface area contributed by atoms with Crippen LogP contribution in [-0.4, -0.2) is 43.6 Å². The number of anilines is 1. The molecule has 1 saturated heterocycles. The molecule has 1 aliphatic heterocycles. The third-order valence-corrected chi connectivity index (χ3v) is 6.72. The summed E-state index contributed by atoms with van der Waals surface area (Å²) in [5.41, 5.74) is -5.36. The predicted octanol–water partition coefficient (Wildman–Crippen LogP) is 3.63. The highest BCUT2D eigenvalue weighted by Gasteiger charge is 2.48. The monoisotopic (exact) mass is 447 g/mol. The Labute approximate surface area is 173 Å². The molecule has 0 bridgehead atoms. The van der Waals surface area contributed by atoms with Crippen molar-refractivity contribution < 1.29 is 31.2 Å². The number of likely N-dealkylation sites (tertiary alicyclic amines) is 1. The molecule has 0 unspecified atom stereocenters. The SMILES string of the molecule is CCO/N=C1/C(=O)N(Cc2ccccc2NS(=O)(=O)C(F)(F)F)CCC12CCCC2. The van der Waals surface area contributed by atoms with Crippen LogP contribution in [0, 0.1) is 5.41 Å². The summed E-state index contributed by atoms with van der Waals surface area (Å²) in [5.74, 6) is -0.329. The molecule has 1 heterocycles. The summed E-state index contributed by atoms with van der Waals surface area (Å²) < 4.78 is 62.9. The Morgan fingerprint density at radius 2 is 1.87 bits per heavy atom. The Bertz CT molecular complexity index is 925. The number of oxime groups is 1. The van der Waals surface area contributed by atoms with Gasteiger partial charge in [0, 0.05) is 18.5 Å². The van der Waals surface area contributed by atoms with E-state index in [2.05, 4.69) is 5.16 Å². The number of hydrogen-bond donors (Lipinski definition) is 1. The number of nitrogens with one attached hydrogen (secondary N) is 1. The van der Waals surface area contributed by atoms with Gasteiger partial charge >= 0.3 is 15.5 Å². The van der Waals surface area contributed by atoms with Crippen LogP contribution in [0.1, 0.15) is 44.6 Å². The Hall–Kier alpha value is -2.30. The molecular weight excluding hydrogens is 423 g/mol.